The van der Waals surface area contributed by atoms with Gasteiger partial charge in [-0.3, -0.25) is 14.3 Å². The molecule has 0 spiro atoms. The van der Waals surface area contributed by atoms with Crippen molar-refractivity contribution in [2.45, 2.75) is 65.5 Å². The second-order valence-electron chi connectivity index (χ2n) is 9.25. The summed E-state index contributed by atoms with van der Waals surface area (Å²) in [5, 5.41) is 8.46. The lowest BCUT2D eigenvalue weighted by atomic mass is 10.1. The Morgan fingerprint density at radius 2 is 1.82 bits per heavy atom. The second-order valence-corrected chi connectivity index (χ2v) is 9.69. The number of carboxylic acids is 1. The van der Waals surface area contributed by atoms with Crippen LogP contribution in [0.5, 0.6) is 0 Å². The quantitative estimate of drug-likeness (QED) is 0.614. The molecule has 34 heavy (non-hydrogen) atoms. The topological polar surface area (TPSA) is 105 Å². The Balaban J connectivity index is 0.000000481. The molecule has 0 aliphatic carbocycles. The van der Waals surface area contributed by atoms with Gasteiger partial charge >= 0.3 is 18.0 Å². The highest BCUT2D eigenvalue weighted by atomic mass is 35.5. The molecule has 0 unspecified atom stereocenters. The highest BCUT2D eigenvalue weighted by Gasteiger charge is 2.35. The minimum absolute atomic E-state index is 0.0800. The first kappa shape index (κ1) is 25.6. The Labute approximate surface area is 204 Å². The number of carboxylic acid groups (broad SMARTS) is 1. The molecule has 2 aliphatic heterocycles. The van der Waals surface area contributed by atoms with Crippen LogP contribution in [0.25, 0.3) is 5.69 Å². The van der Waals surface area contributed by atoms with Crippen molar-refractivity contribution in [3.8, 4) is 5.69 Å². The van der Waals surface area contributed by atoms with Gasteiger partial charge in [-0.15, -0.1) is 0 Å². The summed E-state index contributed by atoms with van der Waals surface area (Å²) in [7, 11) is 0. The number of hydrogen-bond acceptors (Lipinski definition) is 5. The Bertz CT molecular complexity index is 1070. The molecule has 1 fully saturated rings. The van der Waals surface area contributed by atoms with Gasteiger partial charge < -0.3 is 14.7 Å². The van der Waals surface area contributed by atoms with Crippen LogP contribution in [0.4, 0.5) is 10.5 Å². The molecule has 0 radical (unpaired) electrons. The molecular weight excluding hydrogens is 460 g/mol. The number of anilines is 1. The molecule has 1 aromatic heterocycles. The van der Waals surface area contributed by atoms with Gasteiger partial charge in [0, 0.05) is 24.5 Å². The Kier molecular flexibility index (Phi) is 7.86. The van der Waals surface area contributed by atoms with Crippen LogP contribution >= 0.6 is 11.6 Å². The Morgan fingerprint density at radius 3 is 2.38 bits per heavy atom. The van der Waals surface area contributed by atoms with Crippen molar-refractivity contribution in [3.05, 3.63) is 40.9 Å². The molecule has 4 rings (SSSR count). The number of likely N-dealkylation sites (tertiary alicyclic amines) is 1. The zero-order chi connectivity index (χ0) is 25.0. The summed E-state index contributed by atoms with van der Waals surface area (Å²) in [6.45, 7) is 8.99. The van der Waals surface area contributed by atoms with E-state index in [0.29, 0.717) is 22.8 Å². The molecule has 0 atom stereocenters. The van der Waals surface area contributed by atoms with Gasteiger partial charge in [0.15, 0.2) is 5.69 Å². The lowest BCUT2D eigenvalue weighted by molar-refractivity contribution is -0.137. The number of carbonyl (C=O) groups excluding carboxylic acids is 2. The fourth-order valence-electron chi connectivity index (χ4n) is 3.84. The van der Waals surface area contributed by atoms with E-state index in [1.807, 2.05) is 43.2 Å². The number of amides is 2. The summed E-state index contributed by atoms with van der Waals surface area (Å²) in [5.41, 5.74) is 1.72. The van der Waals surface area contributed by atoms with Gasteiger partial charge in [0.1, 0.15) is 11.9 Å². The van der Waals surface area contributed by atoms with Gasteiger partial charge in [-0.25, -0.2) is 14.6 Å². The molecule has 2 aromatic rings. The Hall–Kier alpha value is -3.07. The van der Waals surface area contributed by atoms with Crippen molar-refractivity contribution in [2.75, 3.05) is 18.0 Å². The zero-order valence-electron chi connectivity index (χ0n) is 20.0. The third-order valence-electron chi connectivity index (χ3n) is 5.33. The Morgan fingerprint density at radius 1 is 1.15 bits per heavy atom. The van der Waals surface area contributed by atoms with Crippen LogP contribution in [0.1, 0.15) is 69.6 Å². The van der Waals surface area contributed by atoms with Gasteiger partial charge in [0.05, 0.1) is 23.6 Å². The average molecular weight is 491 g/mol. The van der Waals surface area contributed by atoms with Crippen molar-refractivity contribution >= 4 is 35.3 Å². The van der Waals surface area contributed by atoms with Crippen molar-refractivity contribution in [1.29, 1.82) is 0 Å². The normalized spacial score (nSPS) is 14.6. The largest absolute Gasteiger partial charge is 0.481 e. The third-order valence-corrected chi connectivity index (χ3v) is 5.56. The second kappa shape index (κ2) is 10.5. The van der Waals surface area contributed by atoms with E-state index in [4.69, 9.17) is 21.4 Å². The molecule has 3 heterocycles. The first-order valence-corrected chi connectivity index (χ1v) is 11.8. The molecule has 9 nitrogen and oxygen atoms in total. The molecule has 10 heteroatoms. The monoisotopic (exact) mass is 490 g/mol. The predicted octanol–water partition coefficient (Wildman–Crippen LogP) is 4.89. The van der Waals surface area contributed by atoms with Crippen LogP contribution in [0, 0.1) is 0 Å². The highest BCUT2D eigenvalue weighted by Crippen LogP contribution is 2.36. The lowest BCUT2D eigenvalue weighted by Crippen LogP contribution is -2.44. The summed E-state index contributed by atoms with van der Waals surface area (Å²) >= 11 is 6.21. The van der Waals surface area contributed by atoms with E-state index in [2.05, 4.69) is 4.98 Å². The number of ether oxygens (including phenoxy) is 1. The number of esters is 1. The number of fused-ring (bicyclic) bond motifs is 3. The van der Waals surface area contributed by atoms with Crippen molar-refractivity contribution in [2.24, 2.45) is 0 Å². The number of halogens is 1. The number of aliphatic carboxylic acids is 1. The summed E-state index contributed by atoms with van der Waals surface area (Å²) in [6.07, 6.45) is 4.63. The minimum Gasteiger partial charge on any atom is -0.481 e. The maximum Gasteiger partial charge on any atom is 0.359 e. The number of nitrogens with zero attached hydrogens (tertiary/aromatic N) is 4. The van der Waals surface area contributed by atoms with E-state index in [0.717, 1.165) is 38.0 Å². The van der Waals surface area contributed by atoms with Crippen LogP contribution in [0.2, 0.25) is 5.02 Å². The number of carbonyl (C=O) groups is 3. The fourth-order valence-corrected chi connectivity index (χ4v) is 4.01. The van der Waals surface area contributed by atoms with Crippen LogP contribution < -0.4 is 4.90 Å². The van der Waals surface area contributed by atoms with Gasteiger partial charge in [0.2, 0.25) is 0 Å². The summed E-state index contributed by atoms with van der Waals surface area (Å²) in [4.78, 5) is 43.3. The summed E-state index contributed by atoms with van der Waals surface area (Å²) in [6, 6.07) is 5.30. The number of benzene rings is 1. The number of aromatic nitrogens is 2. The van der Waals surface area contributed by atoms with Crippen LogP contribution in [0.3, 0.4) is 0 Å². The van der Waals surface area contributed by atoms with Crippen molar-refractivity contribution < 1.29 is 24.2 Å². The molecule has 0 bridgehead atoms. The first-order valence-electron chi connectivity index (χ1n) is 11.4. The van der Waals surface area contributed by atoms with Gasteiger partial charge in [0.25, 0.3) is 0 Å². The molecule has 1 N–H and O–H groups in total. The summed E-state index contributed by atoms with van der Waals surface area (Å²) < 4.78 is 7.33. The van der Waals surface area contributed by atoms with Gasteiger partial charge in [-0.05, 0) is 58.2 Å². The molecule has 2 aliphatic rings. The van der Waals surface area contributed by atoms with E-state index in [1.165, 1.54) is 0 Å². The fraction of sp³-hybridized carbons (Fsp3) is 0.500. The standard InChI is InChI=1S/C20H23ClN4O3.C4H8O2/c1-20(2,3)28-18(26)17-16-11-24(19(27)23-8-4-5-9-23)15-10-13(21)6-7-14(15)25(16)12-22-17;1-2-3-4(5)6/h6-7,10,12H,4-5,8-9,11H2,1-3H3;2-3H2,1H3,(H,5,6). The lowest BCUT2D eigenvalue weighted by Gasteiger charge is -2.33. The smallest absolute Gasteiger partial charge is 0.359 e. The third kappa shape index (κ3) is 5.88. The SMILES string of the molecule is CC(C)(C)OC(=O)c1ncn2c1CN(C(=O)N1CCCC1)c1cc(Cl)ccc1-2.CCCC(=O)O. The number of urea groups is 1. The number of hydrogen-bond donors (Lipinski definition) is 1. The molecule has 1 saturated heterocycles. The van der Waals surface area contributed by atoms with Crippen LogP contribution in [-0.4, -0.2) is 56.2 Å². The number of imidazole rings is 1. The highest BCUT2D eigenvalue weighted by molar-refractivity contribution is 6.31. The van der Waals surface area contributed by atoms with Crippen LogP contribution in [-0.2, 0) is 16.1 Å². The van der Waals surface area contributed by atoms with E-state index in [9.17, 15) is 14.4 Å². The zero-order valence-corrected chi connectivity index (χ0v) is 20.8. The van der Waals surface area contributed by atoms with Crippen LogP contribution in [0.15, 0.2) is 24.5 Å². The minimum atomic E-state index is -0.711. The maximum atomic E-state index is 13.2. The van der Waals surface area contributed by atoms with E-state index >= 15 is 0 Å². The van der Waals surface area contributed by atoms with Gasteiger partial charge in [-0.2, -0.15) is 0 Å². The molecule has 2 amide bonds. The molecular formula is C24H31ClN4O5. The molecule has 184 valence electrons. The first-order chi connectivity index (χ1) is 16.0. The van der Waals surface area contributed by atoms with E-state index in [1.54, 1.807) is 23.4 Å². The maximum absolute atomic E-state index is 13.2. The van der Waals surface area contributed by atoms with E-state index in [-0.39, 0.29) is 18.3 Å². The predicted molar refractivity (Wildman–Crippen MR) is 129 cm³/mol. The van der Waals surface area contributed by atoms with E-state index < -0.39 is 17.5 Å². The summed E-state index contributed by atoms with van der Waals surface area (Å²) in [5.74, 6) is -1.20. The van der Waals surface area contributed by atoms with Crippen molar-refractivity contribution in [1.82, 2.24) is 14.5 Å². The van der Waals surface area contributed by atoms with Crippen molar-refractivity contribution in [3.63, 3.8) is 0 Å². The molecule has 1 aromatic carbocycles. The molecule has 0 saturated carbocycles. The number of rotatable bonds is 3. The van der Waals surface area contributed by atoms with Gasteiger partial charge in [-0.1, -0.05) is 18.5 Å². The average Bonchev–Trinajstić information content (AvgIpc) is 3.42.